The summed E-state index contributed by atoms with van der Waals surface area (Å²) in [5.74, 6) is -3.12. The van der Waals surface area contributed by atoms with Crippen LogP contribution in [0.5, 0.6) is 0 Å². The number of amides is 3. The minimum absolute atomic E-state index is 0.0511. The van der Waals surface area contributed by atoms with Crippen molar-refractivity contribution in [3.63, 3.8) is 0 Å². The summed E-state index contributed by atoms with van der Waals surface area (Å²) in [5.41, 5.74) is 0.395. The summed E-state index contributed by atoms with van der Waals surface area (Å²) >= 11 is 0. The van der Waals surface area contributed by atoms with E-state index in [0.29, 0.717) is 11.1 Å². The zero-order chi connectivity index (χ0) is 19.2. The second kappa shape index (κ2) is 6.41. The smallest absolute Gasteiger partial charge is 0.352 e. The van der Waals surface area contributed by atoms with Crippen LogP contribution in [0.2, 0.25) is 0 Å². The molecule has 0 unspecified atom stereocenters. The van der Waals surface area contributed by atoms with Crippen LogP contribution in [0.25, 0.3) is 5.57 Å². The average molecular weight is 363 g/mol. The van der Waals surface area contributed by atoms with E-state index in [1.165, 1.54) is 26.1 Å². The van der Waals surface area contributed by atoms with E-state index in [2.05, 4.69) is 10.6 Å². The molecule has 1 aromatic rings. The van der Waals surface area contributed by atoms with E-state index in [9.17, 15) is 29.0 Å². The number of fused-ring (bicyclic) bond motifs is 1. The molecular weight excluding hydrogens is 345 g/mol. The highest BCUT2D eigenvalue weighted by Gasteiger charge is 2.56. The number of nitrogens with zero attached hydrogens (tertiary/aromatic N) is 1. The largest absolute Gasteiger partial charge is 0.477 e. The van der Waals surface area contributed by atoms with E-state index in [1.807, 2.05) is 0 Å². The minimum Gasteiger partial charge on any atom is -0.477 e. The Balaban J connectivity index is 1.96. The number of carboxylic acid groups (broad SMARTS) is 1. The summed E-state index contributed by atoms with van der Waals surface area (Å²) in [6.45, 7) is 1.48. The fourth-order valence-electron chi connectivity index (χ4n) is 3.52. The number of hydrogen-bond acceptors (Lipinski definition) is 4. The van der Waals surface area contributed by atoms with Gasteiger partial charge in [-0.1, -0.05) is 6.07 Å². The molecule has 0 aromatic heterocycles. The van der Waals surface area contributed by atoms with Gasteiger partial charge in [-0.2, -0.15) is 0 Å². The van der Waals surface area contributed by atoms with E-state index in [-0.39, 0.29) is 17.8 Å². The second-order valence-corrected chi connectivity index (χ2v) is 6.28. The van der Waals surface area contributed by atoms with Crippen molar-refractivity contribution in [1.29, 1.82) is 0 Å². The number of aliphatic hydroxyl groups is 1. The normalized spacial score (nSPS) is 22.6. The van der Waals surface area contributed by atoms with Crippen molar-refractivity contribution in [3.8, 4) is 0 Å². The first-order valence-corrected chi connectivity index (χ1v) is 8.02. The third kappa shape index (κ3) is 2.70. The van der Waals surface area contributed by atoms with Gasteiger partial charge in [-0.3, -0.25) is 4.79 Å². The Labute approximate surface area is 148 Å². The van der Waals surface area contributed by atoms with Crippen LogP contribution >= 0.6 is 0 Å². The number of β-lactam (4-membered cyclic amide) rings is 1. The Kier molecular flexibility index (Phi) is 4.41. The lowest BCUT2D eigenvalue weighted by atomic mass is 9.82. The number of hydrogen-bond donors (Lipinski definition) is 4. The van der Waals surface area contributed by atoms with Gasteiger partial charge in [0.2, 0.25) is 5.91 Å². The molecule has 0 saturated carbocycles. The number of carbonyl (C=O) groups excluding carboxylic acids is 2. The molecule has 0 bridgehead atoms. The molecule has 3 amide bonds. The fourth-order valence-corrected chi connectivity index (χ4v) is 3.52. The number of aliphatic carboxylic acids is 1. The third-order valence-corrected chi connectivity index (χ3v) is 4.72. The molecule has 3 rings (SSSR count). The summed E-state index contributed by atoms with van der Waals surface area (Å²) in [4.78, 5) is 36.3. The molecule has 26 heavy (non-hydrogen) atoms. The lowest BCUT2D eigenvalue weighted by Gasteiger charge is -2.44. The van der Waals surface area contributed by atoms with Gasteiger partial charge in [-0.15, -0.1) is 0 Å². The number of carbonyl (C=O) groups is 3. The van der Waals surface area contributed by atoms with E-state index >= 15 is 0 Å². The quantitative estimate of drug-likeness (QED) is 0.595. The van der Waals surface area contributed by atoms with Gasteiger partial charge in [0.1, 0.15) is 11.5 Å². The Morgan fingerprint density at radius 3 is 2.62 bits per heavy atom. The molecule has 1 aromatic carbocycles. The van der Waals surface area contributed by atoms with Crippen LogP contribution < -0.4 is 10.6 Å². The van der Waals surface area contributed by atoms with Crippen molar-refractivity contribution >= 4 is 29.2 Å². The third-order valence-electron chi connectivity index (χ3n) is 4.72. The van der Waals surface area contributed by atoms with Crippen molar-refractivity contribution in [2.75, 3.05) is 12.4 Å². The van der Waals surface area contributed by atoms with Crippen LogP contribution in [0.4, 0.5) is 14.9 Å². The molecule has 2 aliphatic heterocycles. The fraction of sp³-hybridized carbons (Fsp3) is 0.353. The van der Waals surface area contributed by atoms with Crippen LogP contribution in [0, 0.1) is 11.7 Å². The van der Waals surface area contributed by atoms with Gasteiger partial charge in [0.25, 0.3) is 0 Å². The average Bonchev–Trinajstić information content (AvgIpc) is 2.91. The predicted octanol–water partition coefficient (Wildman–Crippen LogP) is 0.984. The second-order valence-electron chi connectivity index (χ2n) is 6.28. The van der Waals surface area contributed by atoms with Crippen molar-refractivity contribution in [2.24, 2.45) is 5.92 Å². The monoisotopic (exact) mass is 363 g/mol. The van der Waals surface area contributed by atoms with E-state index < -0.39 is 41.8 Å². The number of halogens is 1. The lowest BCUT2D eigenvalue weighted by molar-refractivity contribution is -0.161. The minimum atomic E-state index is -1.28. The molecule has 8 nitrogen and oxygen atoms in total. The van der Waals surface area contributed by atoms with Gasteiger partial charge in [0, 0.05) is 7.05 Å². The van der Waals surface area contributed by atoms with Crippen molar-refractivity contribution in [3.05, 3.63) is 35.3 Å². The molecule has 9 heteroatoms. The maximum atomic E-state index is 14.3. The number of benzene rings is 1. The van der Waals surface area contributed by atoms with Crippen molar-refractivity contribution in [2.45, 2.75) is 25.5 Å². The molecule has 4 N–H and O–H groups in total. The Morgan fingerprint density at radius 2 is 2.08 bits per heavy atom. The number of nitrogens with one attached hydrogen (secondary N) is 2. The molecule has 2 aliphatic rings. The van der Waals surface area contributed by atoms with Gasteiger partial charge >= 0.3 is 12.0 Å². The molecule has 1 saturated heterocycles. The van der Waals surface area contributed by atoms with Gasteiger partial charge in [-0.25, -0.2) is 14.0 Å². The number of rotatable bonds is 4. The van der Waals surface area contributed by atoms with Gasteiger partial charge in [0.15, 0.2) is 0 Å². The molecule has 0 radical (unpaired) electrons. The van der Waals surface area contributed by atoms with Gasteiger partial charge < -0.3 is 25.7 Å². The summed E-state index contributed by atoms with van der Waals surface area (Å²) < 4.78 is 14.3. The molecule has 0 aliphatic carbocycles. The molecule has 1 fully saturated rings. The molecule has 3 atom stereocenters. The van der Waals surface area contributed by atoms with Crippen LogP contribution in [-0.2, 0) is 9.59 Å². The summed E-state index contributed by atoms with van der Waals surface area (Å²) in [5, 5.41) is 23.9. The Morgan fingerprint density at radius 1 is 1.38 bits per heavy atom. The first-order valence-electron chi connectivity index (χ1n) is 8.02. The number of anilines is 1. The number of carboxylic acids is 1. The lowest BCUT2D eigenvalue weighted by Crippen LogP contribution is -2.61. The number of aliphatic hydroxyl groups excluding tert-OH is 1. The van der Waals surface area contributed by atoms with E-state index in [1.54, 1.807) is 0 Å². The highest BCUT2D eigenvalue weighted by Crippen LogP contribution is 2.47. The summed E-state index contributed by atoms with van der Waals surface area (Å²) in [7, 11) is 1.39. The predicted molar refractivity (Wildman–Crippen MR) is 89.5 cm³/mol. The number of urea groups is 1. The Hall–Kier alpha value is -2.94. The van der Waals surface area contributed by atoms with E-state index in [4.69, 9.17) is 0 Å². The zero-order valence-corrected chi connectivity index (χ0v) is 14.1. The van der Waals surface area contributed by atoms with Gasteiger partial charge in [-0.05, 0) is 36.6 Å². The molecule has 2 heterocycles. The molecule has 138 valence electrons. The van der Waals surface area contributed by atoms with Crippen molar-refractivity contribution < 1.29 is 29.0 Å². The SMILES string of the molecule is CNC(=O)Nc1ccc(C2=C(C(=O)O)N3C(=O)[C@H]([C@@H](C)O)[C@H]3C2)cc1F. The molecular formula is C17H18FN3O5. The van der Waals surface area contributed by atoms with Crippen LogP contribution in [0.1, 0.15) is 18.9 Å². The summed E-state index contributed by atoms with van der Waals surface area (Å²) in [6.07, 6.45) is -0.682. The van der Waals surface area contributed by atoms with Crippen LogP contribution in [0.15, 0.2) is 23.9 Å². The summed E-state index contributed by atoms with van der Waals surface area (Å²) in [6, 6.07) is 2.90. The van der Waals surface area contributed by atoms with Gasteiger partial charge in [0.05, 0.1) is 23.8 Å². The van der Waals surface area contributed by atoms with Crippen LogP contribution in [-0.4, -0.2) is 52.2 Å². The topological polar surface area (TPSA) is 119 Å². The van der Waals surface area contributed by atoms with Crippen molar-refractivity contribution in [1.82, 2.24) is 10.2 Å². The molecule has 0 spiro atoms. The standard InChI is InChI=1S/C17H18FN3O5/c1-7(22)13-12-6-9(14(16(24)25)21(12)15(13)23)8-3-4-11(10(18)5-8)20-17(26)19-2/h3-5,7,12-13,22H,6H2,1-2H3,(H,24,25)(H2,19,20,26)/t7-,12-,13-/m1/s1. The first-order chi connectivity index (χ1) is 12.3. The Bertz CT molecular complexity index is 836. The first kappa shape index (κ1) is 17.9. The zero-order valence-electron chi connectivity index (χ0n) is 14.1. The maximum absolute atomic E-state index is 14.3. The highest BCUT2D eigenvalue weighted by molar-refractivity contribution is 6.06. The van der Waals surface area contributed by atoms with E-state index in [0.717, 1.165) is 11.0 Å². The maximum Gasteiger partial charge on any atom is 0.352 e. The van der Waals surface area contributed by atoms with Crippen LogP contribution in [0.3, 0.4) is 0 Å². The highest BCUT2D eigenvalue weighted by atomic mass is 19.1.